The monoisotopic (exact) mass is 351 g/mol. The fraction of sp³-hybridized carbons (Fsp3) is 0.250. The number of halogens is 1. The molecule has 2 aromatic carbocycles. The van der Waals surface area contributed by atoms with Crippen molar-refractivity contribution >= 4 is 27.7 Å². The van der Waals surface area contributed by atoms with Gasteiger partial charge in [0.1, 0.15) is 5.75 Å². The van der Waals surface area contributed by atoms with Crippen LogP contribution in [0.3, 0.4) is 0 Å². The van der Waals surface area contributed by atoms with Crippen LogP contribution in [-0.4, -0.2) is 14.2 Å². The first-order valence-corrected chi connectivity index (χ1v) is 8.03. The van der Waals surface area contributed by atoms with Crippen LogP contribution in [0.25, 0.3) is 0 Å². The fourth-order valence-electron chi connectivity index (χ4n) is 1.88. The third-order valence-corrected chi connectivity index (χ3v) is 4.74. The van der Waals surface area contributed by atoms with Gasteiger partial charge in [-0.05, 0) is 55.9 Å². The SMILES string of the molecule is CNC(C)c1ccc(Br)cc1Sc1ccc(OC)cc1. The first-order valence-electron chi connectivity index (χ1n) is 6.42. The second-order valence-corrected chi connectivity index (χ2v) is 6.50. The molecule has 20 heavy (non-hydrogen) atoms. The Morgan fingerprint density at radius 3 is 2.45 bits per heavy atom. The highest BCUT2D eigenvalue weighted by molar-refractivity contribution is 9.10. The summed E-state index contributed by atoms with van der Waals surface area (Å²) in [5.41, 5.74) is 1.30. The van der Waals surface area contributed by atoms with Gasteiger partial charge in [-0.1, -0.05) is 33.8 Å². The zero-order chi connectivity index (χ0) is 14.5. The molecule has 0 radical (unpaired) electrons. The highest BCUT2D eigenvalue weighted by Crippen LogP contribution is 2.35. The smallest absolute Gasteiger partial charge is 0.118 e. The van der Waals surface area contributed by atoms with Crippen molar-refractivity contribution in [1.82, 2.24) is 5.32 Å². The van der Waals surface area contributed by atoms with Crippen LogP contribution >= 0.6 is 27.7 Å². The van der Waals surface area contributed by atoms with E-state index in [0.29, 0.717) is 6.04 Å². The van der Waals surface area contributed by atoms with Gasteiger partial charge in [0.2, 0.25) is 0 Å². The second kappa shape index (κ2) is 7.16. The molecular weight excluding hydrogens is 334 g/mol. The molecule has 106 valence electrons. The number of hydrogen-bond acceptors (Lipinski definition) is 3. The van der Waals surface area contributed by atoms with Gasteiger partial charge in [-0.15, -0.1) is 0 Å². The minimum atomic E-state index is 0.323. The molecule has 2 rings (SSSR count). The molecule has 2 aromatic rings. The van der Waals surface area contributed by atoms with Crippen LogP contribution < -0.4 is 10.1 Å². The molecule has 0 spiro atoms. The zero-order valence-electron chi connectivity index (χ0n) is 11.8. The maximum Gasteiger partial charge on any atom is 0.118 e. The lowest BCUT2D eigenvalue weighted by atomic mass is 10.1. The molecule has 0 aliphatic carbocycles. The molecule has 1 unspecified atom stereocenters. The zero-order valence-corrected chi connectivity index (χ0v) is 14.2. The molecule has 0 fully saturated rings. The summed E-state index contributed by atoms with van der Waals surface area (Å²) in [7, 11) is 3.66. The van der Waals surface area contributed by atoms with E-state index in [1.165, 1.54) is 15.4 Å². The van der Waals surface area contributed by atoms with E-state index < -0.39 is 0 Å². The molecule has 2 nitrogen and oxygen atoms in total. The third-order valence-electron chi connectivity index (χ3n) is 3.16. The van der Waals surface area contributed by atoms with Gasteiger partial charge < -0.3 is 10.1 Å². The van der Waals surface area contributed by atoms with E-state index in [1.54, 1.807) is 18.9 Å². The van der Waals surface area contributed by atoms with Crippen molar-refractivity contribution in [3.8, 4) is 5.75 Å². The van der Waals surface area contributed by atoms with E-state index in [1.807, 2.05) is 19.2 Å². The van der Waals surface area contributed by atoms with Crippen LogP contribution in [0.2, 0.25) is 0 Å². The average molecular weight is 352 g/mol. The van der Waals surface area contributed by atoms with E-state index in [-0.39, 0.29) is 0 Å². The number of methoxy groups -OCH3 is 1. The Morgan fingerprint density at radius 2 is 1.85 bits per heavy atom. The lowest BCUT2D eigenvalue weighted by Gasteiger charge is -2.16. The number of nitrogens with one attached hydrogen (secondary N) is 1. The fourth-order valence-corrected chi connectivity index (χ4v) is 3.47. The van der Waals surface area contributed by atoms with E-state index in [0.717, 1.165) is 10.2 Å². The average Bonchev–Trinajstić information content (AvgIpc) is 2.47. The highest BCUT2D eigenvalue weighted by Gasteiger charge is 2.10. The van der Waals surface area contributed by atoms with Crippen LogP contribution in [0.5, 0.6) is 5.75 Å². The maximum atomic E-state index is 5.19. The lowest BCUT2D eigenvalue weighted by Crippen LogP contribution is -2.13. The van der Waals surface area contributed by atoms with Gasteiger partial charge in [0.15, 0.2) is 0 Å². The minimum absolute atomic E-state index is 0.323. The van der Waals surface area contributed by atoms with Crippen molar-refractivity contribution in [2.75, 3.05) is 14.2 Å². The van der Waals surface area contributed by atoms with Crippen molar-refractivity contribution in [2.24, 2.45) is 0 Å². The molecule has 4 heteroatoms. The Kier molecular flexibility index (Phi) is 5.52. The summed E-state index contributed by atoms with van der Waals surface area (Å²) >= 11 is 5.32. The molecule has 0 heterocycles. The minimum Gasteiger partial charge on any atom is -0.497 e. The summed E-state index contributed by atoms with van der Waals surface area (Å²) < 4.78 is 6.29. The van der Waals surface area contributed by atoms with Gasteiger partial charge in [0, 0.05) is 20.3 Å². The quantitative estimate of drug-likeness (QED) is 0.828. The van der Waals surface area contributed by atoms with Gasteiger partial charge in [-0.3, -0.25) is 0 Å². The number of ether oxygens (including phenoxy) is 1. The molecule has 1 N–H and O–H groups in total. The highest BCUT2D eigenvalue weighted by atomic mass is 79.9. The predicted molar refractivity (Wildman–Crippen MR) is 88.7 cm³/mol. The van der Waals surface area contributed by atoms with Crippen molar-refractivity contribution < 1.29 is 4.74 Å². The molecule has 0 bridgehead atoms. The van der Waals surface area contributed by atoms with Crippen LogP contribution in [-0.2, 0) is 0 Å². The van der Waals surface area contributed by atoms with E-state index in [4.69, 9.17) is 4.74 Å². The number of rotatable bonds is 5. The van der Waals surface area contributed by atoms with Crippen LogP contribution in [0.1, 0.15) is 18.5 Å². The molecule has 0 aliphatic heterocycles. The largest absolute Gasteiger partial charge is 0.497 e. The summed E-state index contributed by atoms with van der Waals surface area (Å²) in [5.74, 6) is 0.882. The first-order chi connectivity index (χ1) is 9.63. The Balaban J connectivity index is 2.28. The predicted octanol–water partition coefficient (Wildman–Crippen LogP) is 4.89. The van der Waals surface area contributed by atoms with Crippen molar-refractivity contribution in [2.45, 2.75) is 22.8 Å². The molecule has 0 saturated carbocycles. The van der Waals surface area contributed by atoms with Crippen molar-refractivity contribution in [1.29, 1.82) is 0 Å². The maximum absolute atomic E-state index is 5.19. The van der Waals surface area contributed by atoms with Crippen molar-refractivity contribution in [3.05, 3.63) is 52.5 Å². The summed E-state index contributed by atoms with van der Waals surface area (Å²) in [5, 5.41) is 3.30. The summed E-state index contributed by atoms with van der Waals surface area (Å²) in [6, 6.07) is 14.9. The molecule has 0 aromatic heterocycles. The van der Waals surface area contributed by atoms with Crippen LogP contribution in [0.15, 0.2) is 56.7 Å². The van der Waals surface area contributed by atoms with Gasteiger partial charge in [0.05, 0.1) is 7.11 Å². The lowest BCUT2D eigenvalue weighted by molar-refractivity contribution is 0.414. The number of benzene rings is 2. The Hall–Kier alpha value is -0.970. The van der Waals surface area contributed by atoms with Gasteiger partial charge in [0.25, 0.3) is 0 Å². The molecule has 1 atom stereocenters. The molecule has 0 amide bonds. The van der Waals surface area contributed by atoms with E-state index in [2.05, 4.69) is 58.5 Å². The summed E-state index contributed by atoms with van der Waals surface area (Å²) in [4.78, 5) is 2.46. The summed E-state index contributed by atoms with van der Waals surface area (Å²) in [6.45, 7) is 2.17. The Bertz CT molecular complexity index is 571. The standard InChI is InChI=1S/C16H18BrNOS/c1-11(18-2)15-9-4-12(17)10-16(15)20-14-7-5-13(19-3)6-8-14/h4-11,18H,1-3H3. The molecular formula is C16H18BrNOS. The van der Waals surface area contributed by atoms with Gasteiger partial charge in [-0.2, -0.15) is 0 Å². The Labute approximate surface area is 133 Å². The molecule has 0 aliphatic rings. The topological polar surface area (TPSA) is 21.3 Å². The van der Waals surface area contributed by atoms with Crippen molar-refractivity contribution in [3.63, 3.8) is 0 Å². The second-order valence-electron chi connectivity index (χ2n) is 4.47. The Morgan fingerprint density at radius 1 is 1.15 bits per heavy atom. The summed E-state index contributed by atoms with van der Waals surface area (Å²) in [6.07, 6.45) is 0. The van der Waals surface area contributed by atoms with Crippen LogP contribution in [0, 0.1) is 0 Å². The van der Waals surface area contributed by atoms with E-state index in [9.17, 15) is 0 Å². The third kappa shape index (κ3) is 3.78. The normalized spacial score (nSPS) is 12.2. The van der Waals surface area contributed by atoms with E-state index >= 15 is 0 Å². The molecule has 0 saturated heterocycles. The van der Waals surface area contributed by atoms with Gasteiger partial charge >= 0.3 is 0 Å². The number of hydrogen-bond donors (Lipinski definition) is 1. The van der Waals surface area contributed by atoms with Crippen LogP contribution in [0.4, 0.5) is 0 Å². The first kappa shape index (κ1) is 15.4. The van der Waals surface area contributed by atoms with Gasteiger partial charge in [-0.25, -0.2) is 0 Å².